The second-order valence-corrected chi connectivity index (χ2v) is 4.17. The summed E-state index contributed by atoms with van der Waals surface area (Å²) in [6, 6.07) is 14.3. The third-order valence-corrected chi connectivity index (χ3v) is 3.19. The molecular weight excluding hydrogens is 281 g/mol. The van der Waals surface area contributed by atoms with Gasteiger partial charge in [-0.05, 0) is 17.2 Å². The van der Waals surface area contributed by atoms with Crippen molar-refractivity contribution in [2.75, 3.05) is 0 Å². The van der Waals surface area contributed by atoms with Crippen molar-refractivity contribution in [3.63, 3.8) is 0 Å². The number of benzene rings is 2. The molecule has 0 unspecified atom stereocenters. The van der Waals surface area contributed by atoms with E-state index in [9.17, 15) is 4.39 Å². The van der Waals surface area contributed by atoms with E-state index in [-0.39, 0.29) is 5.56 Å². The van der Waals surface area contributed by atoms with Crippen molar-refractivity contribution in [1.29, 1.82) is 5.26 Å². The number of alkyl halides is 1. The van der Waals surface area contributed by atoms with Crippen LogP contribution >= 0.6 is 15.9 Å². The van der Waals surface area contributed by atoms with E-state index in [1.807, 2.05) is 30.3 Å². The first-order valence-electron chi connectivity index (χ1n) is 5.10. The first kappa shape index (κ1) is 11.8. The van der Waals surface area contributed by atoms with Gasteiger partial charge in [-0.15, -0.1) is 0 Å². The maximum atomic E-state index is 13.5. The van der Waals surface area contributed by atoms with Gasteiger partial charge < -0.3 is 0 Å². The van der Waals surface area contributed by atoms with Crippen molar-refractivity contribution in [2.24, 2.45) is 0 Å². The lowest BCUT2D eigenvalue weighted by molar-refractivity contribution is 0.624. The Morgan fingerprint density at radius 2 is 1.82 bits per heavy atom. The molecule has 0 heterocycles. The van der Waals surface area contributed by atoms with E-state index in [1.165, 1.54) is 6.07 Å². The zero-order chi connectivity index (χ0) is 12.3. The molecule has 17 heavy (non-hydrogen) atoms. The van der Waals surface area contributed by atoms with Crippen molar-refractivity contribution < 1.29 is 4.39 Å². The maximum absolute atomic E-state index is 13.5. The van der Waals surface area contributed by atoms with Crippen LogP contribution in [-0.2, 0) is 5.33 Å². The van der Waals surface area contributed by atoms with E-state index in [0.29, 0.717) is 5.56 Å². The predicted octanol–water partition coefficient (Wildman–Crippen LogP) is 4.26. The molecule has 0 saturated heterocycles. The molecule has 0 spiro atoms. The second-order valence-electron chi connectivity index (χ2n) is 3.60. The number of rotatable bonds is 2. The average Bonchev–Trinajstić information content (AvgIpc) is 2.38. The zero-order valence-electron chi connectivity index (χ0n) is 8.95. The zero-order valence-corrected chi connectivity index (χ0v) is 10.5. The number of hydrogen-bond donors (Lipinski definition) is 0. The fourth-order valence-corrected chi connectivity index (χ4v) is 2.03. The summed E-state index contributed by atoms with van der Waals surface area (Å²) in [6.45, 7) is 0. The van der Waals surface area contributed by atoms with Crippen molar-refractivity contribution >= 4 is 15.9 Å². The molecule has 84 valence electrons. The van der Waals surface area contributed by atoms with Crippen molar-refractivity contribution in [1.82, 2.24) is 0 Å². The van der Waals surface area contributed by atoms with Gasteiger partial charge in [0.25, 0.3) is 0 Å². The van der Waals surface area contributed by atoms with E-state index < -0.39 is 5.82 Å². The Balaban J connectivity index is 2.53. The standard InChI is InChI=1S/C14H9BrFN/c15-8-10-4-6-11(7-5-10)12-2-1-3-14(16)13(12)9-17/h1-7H,8H2. The van der Waals surface area contributed by atoms with E-state index in [2.05, 4.69) is 15.9 Å². The molecule has 0 bridgehead atoms. The van der Waals surface area contributed by atoms with Crippen LogP contribution in [0.2, 0.25) is 0 Å². The van der Waals surface area contributed by atoms with Crippen LogP contribution in [0.1, 0.15) is 11.1 Å². The van der Waals surface area contributed by atoms with Crippen LogP contribution < -0.4 is 0 Å². The van der Waals surface area contributed by atoms with E-state index in [4.69, 9.17) is 5.26 Å². The van der Waals surface area contributed by atoms with Gasteiger partial charge in [0.1, 0.15) is 11.9 Å². The van der Waals surface area contributed by atoms with Crippen LogP contribution in [0.25, 0.3) is 11.1 Å². The molecule has 0 aromatic heterocycles. The van der Waals surface area contributed by atoms with Gasteiger partial charge in [0.2, 0.25) is 0 Å². The van der Waals surface area contributed by atoms with Gasteiger partial charge in [-0.3, -0.25) is 0 Å². The molecule has 2 aromatic rings. The Labute approximate surface area is 108 Å². The molecule has 0 saturated carbocycles. The fourth-order valence-electron chi connectivity index (χ4n) is 1.65. The predicted molar refractivity (Wildman–Crippen MR) is 69.2 cm³/mol. The molecule has 0 aliphatic heterocycles. The van der Waals surface area contributed by atoms with Gasteiger partial charge >= 0.3 is 0 Å². The van der Waals surface area contributed by atoms with E-state index in [1.54, 1.807) is 12.1 Å². The maximum Gasteiger partial charge on any atom is 0.141 e. The summed E-state index contributed by atoms with van der Waals surface area (Å²) < 4.78 is 13.5. The largest absolute Gasteiger partial charge is 0.206 e. The van der Waals surface area contributed by atoms with Gasteiger partial charge in [0.05, 0.1) is 5.56 Å². The molecule has 2 aromatic carbocycles. The lowest BCUT2D eigenvalue weighted by atomic mass is 9.99. The van der Waals surface area contributed by atoms with Gasteiger partial charge in [0.15, 0.2) is 0 Å². The molecule has 2 rings (SSSR count). The minimum atomic E-state index is -0.477. The lowest BCUT2D eigenvalue weighted by Crippen LogP contribution is -1.89. The SMILES string of the molecule is N#Cc1c(F)cccc1-c1ccc(CBr)cc1. The topological polar surface area (TPSA) is 23.8 Å². The van der Waals surface area contributed by atoms with Crippen LogP contribution in [0.15, 0.2) is 42.5 Å². The molecule has 0 fully saturated rings. The van der Waals surface area contributed by atoms with Crippen LogP contribution in [0.3, 0.4) is 0 Å². The van der Waals surface area contributed by atoms with E-state index >= 15 is 0 Å². The number of nitrogens with zero attached hydrogens (tertiary/aromatic N) is 1. The highest BCUT2D eigenvalue weighted by Crippen LogP contribution is 2.25. The summed E-state index contributed by atoms with van der Waals surface area (Å²) >= 11 is 3.37. The molecule has 0 aliphatic rings. The molecule has 1 nitrogen and oxygen atoms in total. The summed E-state index contributed by atoms with van der Waals surface area (Å²) in [5.41, 5.74) is 2.72. The summed E-state index contributed by atoms with van der Waals surface area (Å²) in [7, 11) is 0. The summed E-state index contributed by atoms with van der Waals surface area (Å²) in [5, 5.41) is 9.74. The molecule has 0 radical (unpaired) electrons. The van der Waals surface area contributed by atoms with Crippen LogP contribution in [0.4, 0.5) is 4.39 Å². The van der Waals surface area contributed by atoms with Crippen LogP contribution in [-0.4, -0.2) is 0 Å². The third-order valence-electron chi connectivity index (χ3n) is 2.54. The fraction of sp³-hybridized carbons (Fsp3) is 0.0714. The first-order valence-corrected chi connectivity index (χ1v) is 6.22. The first-order chi connectivity index (χ1) is 8.26. The van der Waals surface area contributed by atoms with Crippen molar-refractivity contribution in [2.45, 2.75) is 5.33 Å². The molecule has 0 N–H and O–H groups in total. The van der Waals surface area contributed by atoms with Gasteiger partial charge in [-0.2, -0.15) is 5.26 Å². The van der Waals surface area contributed by atoms with Crippen LogP contribution in [0.5, 0.6) is 0 Å². The minimum absolute atomic E-state index is 0.0964. The monoisotopic (exact) mass is 289 g/mol. The summed E-state index contributed by atoms with van der Waals surface area (Å²) in [5.74, 6) is -0.477. The van der Waals surface area contributed by atoms with Crippen molar-refractivity contribution in [3.05, 3.63) is 59.4 Å². The quantitative estimate of drug-likeness (QED) is 0.758. The normalized spacial score (nSPS) is 9.94. The average molecular weight is 290 g/mol. The third kappa shape index (κ3) is 2.37. The van der Waals surface area contributed by atoms with Gasteiger partial charge in [0, 0.05) is 10.9 Å². The Kier molecular flexibility index (Phi) is 3.55. The molecule has 0 aliphatic carbocycles. The lowest BCUT2D eigenvalue weighted by Gasteiger charge is -2.05. The second kappa shape index (κ2) is 5.11. The highest BCUT2D eigenvalue weighted by Gasteiger charge is 2.09. The number of hydrogen-bond acceptors (Lipinski definition) is 1. The minimum Gasteiger partial charge on any atom is -0.206 e. The Morgan fingerprint density at radius 1 is 1.12 bits per heavy atom. The van der Waals surface area contributed by atoms with Crippen LogP contribution in [0, 0.1) is 17.1 Å². The Bertz CT molecular complexity index is 570. The molecule has 0 amide bonds. The Morgan fingerprint density at radius 3 is 2.41 bits per heavy atom. The molecule has 3 heteroatoms. The smallest absolute Gasteiger partial charge is 0.141 e. The highest BCUT2D eigenvalue weighted by molar-refractivity contribution is 9.08. The summed E-state index contributed by atoms with van der Waals surface area (Å²) in [4.78, 5) is 0. The highest BCUT2D eigenvalue weighted by atomic mass is 79.9. The molecule has 0 atom stereocenters. The molecular formula is C14H9BrFN. The summed E-state index contributed by atoms with van der Waals surface area (Å²) in [6.07, 6.45) is 0. The Hall–Kier alpha value is -1.66. The number of nitriles is 1. The number of halogens is 2. The van der Waals surface area contributed by atoms with Gasteiger partial charge in [-0.1, -0.05) is 52.3 Å². The van der Waals surface area contributed by atoms with Crippen molar-refractivity contribution in [3.8, 4) is 17.2 Å². The van der Waals surface area contributed by atoms with Gasteiger partial charge in [-0.25, -0.2) is 4.39 Å². The van der Waals surface area contributed by atoms with E-state index in [0.717, 1.165) is 16.5 Å².